The smallest absolute Gasteiger partial charge is 0.331 e. The average Bonchev–Trinajstić information content (AvgIpc) is 2.84. The zero-order valence-corrected chi connectivity index (χ0v) is 24.6. The van der Waals surface area contributed by atoms with Crippen molar-refractivity contribution in [2.24, 2.45) is 0 Å². The first-order valence-electron chi connectivity index (χ1n) is 14.0. The van der Waals surface area contributed by atoms with Crippen molar-refractivity contribution in [3.8, 4) is 0 Å². The van der Waals surface area contributed by atoms with E-state index in [0.717, 1.165) is 55.7 Å². The molecule has 0 bridgehead atoms. The van der Waals surface area contributed by atoms with Crippen LogP contribution < -0.4 is 17.0 Å². The summed E-state index contributed by atoms with van der Waals surface area (Å²) >= 11 is 0. The molecule has 206 valence electrons. The highest BCUT2D eigenvalue weighted by atomic mass is 79.9. The van der Waals surface area contributed by atoms with E-state index in [-0.39, 0.29) is 17.0 Å². The lowest BCUT2D eigenvalue weighted by Crippen LogP contribution is -3.00. The van der Waals surface area contributed by atoms with Crippen LogP contribution in [0.4, 0.5) is 0 Å². The highest BCUT2D eigenvalue weighted by Crippen LogP contribution is 2.13. The van der Waals surface area contributed by atoms with E-state index in [9.17, 15) is 9.59 Å². The van der Waals surface area contributed by atoms with Crippen molar-refractivity contribution in [3.63, 3.8) is 0 Å². The summed E-state index contributed by atoms with van der Waals surface area (Å²) in [5, 5.41) is 0. The summed E-state index contributed by atoms with van der Waals surface area (Å²) in [5.41, 5.74) is 0. The molecule has 0 saturated carbocycles. The Bertz CT molecular complexity index is 547. The molecule has 0 spiro atoms. The molecular formula is C29H54BrNO4. The minimum Gasteiger partial charge on any atom is -1.00 e. The minimum atomic E-state index is -0.502. The van der Waals surface area contributed by atoms with Gasteiger partial charge in [0, 0.05) is 12.2 Å². The number of esters is 2. The van der Waals surface area contributed by atoms with Gasteiger partial charge in [-0.05, 0) is 26.3 Å². The fourth-order valence-electron chi connectivity index (χ4n) is 4.20. The van der Waals surface area contributed by atoms with Crippen molar-refractivity contribution in [2.45, 2.75) is 111 Å². The van der Waals surface area contributed by atoms with Gasteiger partial charge in [-0.3, -0.25) is 0 Å². The van der Waals surface area contributed by atoms with E-state index in [2.05, 4.69) is 27.4 Å². The van der Waals surface area contributed by atoms with E-state index in [1.807, 2.05) is 6.08 Å². The van der Waals surface area contributed by atoms with Gasteiger partial charge in [0.2, 0.25) is 0 Å². The second-order valence-electron chi connectivity index (χ2n) is 9.43. The third kappa shape index (κ3) is 21.8. The zero-order chi connectivity index (χ0) is 25.3. The second-order valence-corrected chi connectivity index (χ2v) is 9.43. The van der Waals surface area contributed by atoms with E-state index in [0.29, 0.717) is 13.2 Å². The minimum absolute atomic E-state index is 0. The fourth-order valence-corrected chi connectivity index (χ4v) is 4.20. The van der Waals surface area contributed by atoms with Crippen LogP contribution in [0.3, 0.4) is 0 Å². The van der Waals surface area contributed by atoms with Gasteiger partial charge in [0.25, 0.3) is 0 Å². The standard InChI is InChI=1S/C29H54NO4.BrH/c1-5-9-10-11-12-13-14-15-16-17-18-19-20-21-26-33-28(31)22-23-29(32)34-27-25-30(7-3,8-4)24-6-2;/h6,22-23H,2,5,7-21,24-27H2,1,3-4H3;1H/q+1;/p-1/b23-22-;. The third-order valence-corrected chi connectivity index (χ3v) is 6.77. The van der Waals surface area contributed by atoms with Crippen molar-refractivity contribution in [2.75, 3.05) is 39.4 Å². The Morgan fingerprint density at radius 3 is 1.46 bits per heavy atom. The maximum Gasteiger partial charge on any atom is 0.331 e. The summed E-state index contributed by atoms with van der Waals surface area (Å²) < 4.78 is 11.3. The number of nitrogens with zero attached hydrogens (tertiary/aromatic N) is 1. The predicted molar refractivity (Wildman–Crippen MR) is 143 cm³/mol. The van der Waals surface area contributed by atoms with E-state index >= 15 is 0 Å². The molecule has 6 heteroatoms. The first-order chi connectivity index (χ1) is 16.5. The lowest BCUT2D eigenvalue weighted by atomic mass is 10.0. The van der Waals surface area contributed by atoms with E-state index in [1.165, 1.54) is 77.0 Å². The number of quaternary nitrogens is 1. The van der Waals surface area contributed by atoms with E-state index in [4.69, 9.17) is 9.47 Å². The molecule has 0 saturated heterocycles. The van der Waals surface area contributed by atoms with Crippen LogP contribution in [0.1, 0.15) is 111 Å². The molecule has 0 aromatic carbocycles. The van der Waals surface area contributed by atoms with Crippen LogP contribution >= 0.6 is 0 Å². The Kier molecular flexibility index (Phi) is 26.7. The summed E-state index contributed by atoms with van der Waals surface area (Å²) in [6.07, 6.45) is 22.4. The van der Waals surface area contributed by atoms with Gasteiger partial charge >= 0.3 is 11.9 Å². The number of carbonyl (C=O) groups excluding carboxylic acids is 2. The van der Waals surface area contributed by atoms with Gasteiger partial charge in [0.1, 0.15) is 13.2 Å². The second kappa shape index (κ2) is 25.9. The van der Waals surface area contributed by atoms with Crippen LogP contribution in [-0.2, 0) is 19.1 Å². The van der Waals surface area contributed by atoms with Gasteiger partial charge in [-0.15, -0.1) is 0 Å². The number of hydrogen-bond donors (Lipinski definition) is 0. The number of hydrogen-bond acceptors (Lipinski definition) is 4. The van der Waals surface area contributed by atoms with Gasteiger partial charge in [-0.25, -0.2) is 9.59 Å². The van der Waals surface area contributed by atoms with Crippen molar-refractivity contribution in [1.29, 1.82) is 0 Å². The molecule has 0 unspecified atom stereocenters. The Hall–Kier alpha value is -1.14. The number of ether oxygens (including phenoxy) is 2. The molecule has 0 atom stereocenters. The third-order valence-electron chi connectivity index (χ3n) is 6.77. The Morgan fingerprint density at radius 1 is 0.657 bits per heavy atom. The zero-order valence-electron chi connectivity index (χ0n) is 23.0. The molecule has 0 fully saturated rings. The normalized spacial score (nSPS) is 11.3. The average molecular weight is 561 g/mol. The van der Waals surface area contributed by atoms with Gasteiger partial charge < -0.3 is 30.9 Å². The van der Waals surface area contributed by atoms with Crippen molar-refractivity contribution < 1.29 is 40.5 Å². The number of unbranched alkanes of at least 4 members (excludes halogenated alkanes) is 13. The van der Waals surface area contributed by atoms with Gasteiger partial charge in [0.05, 0.1) is 26.2 Å². The number of halogens is 1. The molecule has 0 rings (SSSR count). The molecule has 35 heavy (non-hydrogen) atoms. The summed E-state index contributed by atoms with van der Waals surface area (Å²) in [6.45, 7) is 14.6. The highest BCUT2D eigenvalue weighted by molar-refractivity contribution is 5.91. The van der Waals surface area contributed by atoms with E-state index in [1.54, 1.807) is 0 Å². The van der Waals surface area contributed by atoms with Crippen molar-refractivity contribution in [1.82, 2.24) is 0 Å². The van der Waals surface area contributed by atoms with Gasteiger partial charge in [0.15, 0.2) is 0 Å². The van der Waals surface area contributed by atoms with E-state index < -0.39 is 11.9 Å². The maximum absolute atomic E-state index is 11.8. The molecule has 0 aromatic heterocycles. The summed E-state index contributed by atoms with van der Waals surface area (Å²) in [7, 11) is 0. The molecule has 0 aliphatic carbocycles. The van der Waals surface area contributed by atoms with Crippen LogP contribution in [0.25, 0.3) is 0 Å². The summed E-state index contributed by atoms with van der Waals surface area (Å²) in [4.78, 5) is 23.6. The molecule has 5 nitrogen and oxygen atoms in total. The summed E-state index contributed by atoms with van der Waals surface area (Å²) in [5.74, 6) is -0.983. The fraction of sp³-hybridized carbons (Fsp3) is 0.793. The van der Waals surface area contributed by atoms with Crippen LogP contribution in [-0.4, -0.2) is 55.8 Å². The summed E-state index contributed by atoms with van der Waals surface area (Å²) in [6, 6.07) is 0. The molecule has 0 amide bonds. The highest BCUT2D eigenvalue weighted by Gasteiger charge is 2.21. The lowest BCUT2D eigenvalue weighted by molar-refractivity contribution is -0.919. The molecule has 0 aliphatic heterocycles. The van der Waals surface area contributed by atoms with Crippen LogP contribution in [0.2, 0.25) is 0 Å². The number of carbonyl (C=O) groups is 2. The monoisotopic (exact) mass is 559 g/mol. The molecule has 0 aromatic rings. The molecule has 0 heterocycles. The van der Waals surface area contributed by atoms with Crippen molar-refractivity contribution >= 4 is 11.9 Å². The first-order valence-corrected chi connectivity index (χ1v) is 14.0. The number of rotatable bonds is 24. The Labute approximate surface area is 227 Å². The molecular weight excluding hydrogens is 506 g/mol. The topological polar surface area (TPSA) is 52.6 Å². The van der Waals surface area contributed by atoms with Gasteiger partial charge in [-0.2, -0.15) is 0 Å². The molecule has 0 aliphatic rings. The first kappa shape index (κ1) is 36.0. The molecule has 0 N–H and O–H groups in total. The van der Waals surface area contributed by atoms with Gasteiger partial charge in [-0.1, -0.05) is 97.0 Å². The SMILES string of the molecule is C=CC[N+](CC)(CC)CCOC(=O)/C=C\C(=O)OCCCCCCCCCCCCCCCC.[Br-]. The lowest BCUT2D eigenvalue weighted by Gasteiger charge is -2.35. The largest absolute Gasteiger partial charge is 1.00 e. The van der Waals surface area contributed by atoms with Crippen molar-refractivity contribution in [3.05, 3.63) is 24.8 Å². The van der Waals surface area contributed by atoms with Crippen LogP contribution in [0.5, 0.6) is 0 Å². The predicted octanol–water partition coefficient (Wildman–Crippen LogP) is 4.16. The maximum atomic E-state index is 11.8. The molecule has 0 radical (unpaired) electrons. The Morgan fingerprint density at radius 2 is 1.06 bits per heavy atom. The van der Waals surface area contributed by atoms with Crippen LogP contribution in [0.15, 0.2) is 24.8 Å². The van der Waals surface area contributed by atoms with Crippen LogP contribution in [0, 0.1) is 0 Å². The Balaban J connectivity index is 0. The number of likely N-dealkylation sites (N-methyl/N-ethyl adjacent to an activating group) is 1. The quantitative estimate of drug-likeness (QED) is 0.0585.